The molecule has 38 heavy (non-hydrogen) atoms. The summed E-state index contributed by atoms with van der Waals surface area (Å²) in [4.78, 5) is 45.2. The molecule has 0 aliphatic carbocycles. The van der Waals surface area contributed by atoms with E-state index in [0.29, 0.717) is 28.1 Å². The number of aromatic nitrogens is 1. The van der Waals surface area contributed by atoms with Crippen molar-refractivity contribution in [3.05, 3.63) is 80.4 Å². The summed E-state index contributed by atoms with van der Waals surface area (Å²) in [5.41, 5.74) is 1.25. The summed E-state index contributed by atoms with van der Waals surface area (Å²) in [6.45, 7) is 2.94. The van der Waals surface area contributed by atoms with Gasteiger partial charge in [-0.3, -0.25) is 9.59 Å². The first-order valence-electron chi connectivity index (χ1n) is 11.6. The molecule has 1 fully saturated rings. The van der Waals surface area contributed by atoms with Crippen LogP contribution in [0.5, 0.6) is 5.75 Å². The van der Waals surface area contributed by atoms with Gasteiger partial charge in [0.1, 0.15) is 11.4 Å². The van der Waals surface area contributed by atoms with Crippen molar-refractivity contribution in [2.45, 2.75) is 6.54 Å². The number of amides is 2. The van der Waals surface area contributed by atoms with Gasteiger partial charge >= 0.3 is 5.97 Å². The number of carbonyl (C=O) groups excluding carboxylic acids is 3. The van der Waals surface area contributed by atoms with E-state index in [9.17, 15) is 19.5 Å². The lowest BCUT2D eigenvalue weighted by Crippen LogP contribution is -2.36. The van der Waals surface area contributed by atoms with Crippen LogP contribution in [-0.4, -0.2) is 61.3 Å². The zero-order valence-corrected chi connectivity index (χ0v) is 22.8. The maximum atomic E-state index is 13.0. The van der Waals surface area contributed by atoms with Crippen LogP contribution < -0.4 is 15.5 Å². The van der Waals surface area contributed by atoms with Gasteiger partial charge in [0, 0.05) is 35.9 Å². The second-order valence-corrected chi connectivity index (χ2v) is 10.1. The fourth-order valence-electron chi connectivity index (χ4n) is 3.62. The molecule has 3 aromatic rings. The fraction of sp³-hybridized carbons (Fsp3) is 0.231. The minimum atomic E-state index is -0.709. The summed E-state index contributed by atoms with van der Waals surface area (Å²) in [6, 6.07) is 11.1. The number of anilines is 1. The molecule has 0 bridgehead atoms. The quantitative estimate of drug-likeness (QED) is 0.265. The molecule has 10 nitrogen and oxygen atoms in total. The molecule has 2 amide bonds. The van der Waals surface area contributed by atoms with Crippen molar-refractivity contribution in [2.24, 2.45) is 0 Å². The summed E-state index contributed by atoms with van der Waals surface area (Å²) in [6.07, 6.45) is 3.15. The number of halogens is 1. The molecule has 4 rings (SSSR count). The van der Waals surface area contributed by atoms with Gasteiger partial charge in [-0.25, -0.2) is 9.78 Å². The van der Waals surface area contributed by atoms with Crippen LogP contribution in [0.1, 0.15) is 31.2 Å². The Hall–Kier alpha value is -3.74. The number of ether oxygens (including phenoxy) is 2. The van der Waals surface area contributed by atoms with Gasteiger partial charge in [0.25, 0.3) is 11.8 Å². The molecule has 0 saturated carbocycles. The van der Waals surface area contributed by atoms with Crippen LogP contribution in [0.25, 0.3) is 6.08 Å². The van der Waals surface area contributed by atoms with Crippen molar-refractivity contribution >= 4 is 56.3 Å². The third-order valence-electron chi connectivity index (χ3n) is 5.57. The number of esters is 1. The predicted octanol–water partition coefficient (Wildman–Crippen LogP) is 3.32. The monoisotopic (exact) mass is 600 g/mol. The van der Waals surface area contributed by atoms with Crippen molar-refractivity contribution in [2.75, 3.05) is 38.3 Å². The van der Waals surface area contributed by atoms with Crippen molar-refractivity contribution < 1.29 is 29.0 Å². The van der Waals surface area contributed by atoms with Crippen LogP contribution in [-0.2, 0) is 20.8 Å². The SMILES string of the molecule is COC(=O)C(=Cc1cnc(N2CCOCC2)s1)NC(=O)c1ccc(C(=O)NCc2cccc(O)c2)cc1Br. The number of methoxy groups -OCH3 is 1. The minimum Gasteiger partial charge on any atom is -0.508 e. The van der Waals surface area contributed by atoms with E-state index in [1.54, 1.807) is 30.5 Å². The molecule has 198 valence electrons. The number of hydrogen-bond acceptors (Lipinski definition) is 9. The standard InChI is InChI=1S/C26H25BrN4O6S/c1-36-25(35)22(13-19-15-29-26(38-19)31-7-9-37-10-8-31)30-24(34)20-6-5-17(12-21(20)27)23(33)28-14-16-3-2-4-18(32)11-16/h2-6,11-13,15,32H,7-10,14H2,1H3,(H,28,33)(H,30,34). The zero-order chi connectivity index (χ0) is 27.1. The van der Waals surface area contributed by atoms with E-state index in [4.69, 9.17) is 9.47 Å². The largest absolute Gasteiger partial charge is 0.508 e. The maximum Gasteiger partial charge on any atom is 0.354 e. The lowest BCUT2D eigenvalue weighted by molar-refractivity contribution is -0.136. The second kappa shape index (κ2) is 12.7. The maximum absolute atomic E-state index is 13.0. The average Bonchev–Trinajstić information content (AvgIpc) is 3.40. The van der Waals surface area contributed by atoms with E-state index in [1.807, 2.05) is 0 Å². The molecule has 0 atom stereocenters. The lowest BCUT2D eigenvalue weighted by atomic mass is 10.1. The van der Waals surface area contributed by atoms with E-state index < -0.39 is 11.9 Å². The van der Waals surface area contributed by atoms with E-state index in [1.165, 1.54) is 42.7 Å². The Morgan fingerprint density at radius 2 is 1.97 bits per heavy atom. The molecule has 0 spiro atoms. The highest BCUT2D eigenvalue weighted by Gasteiger charge is 2.20. The molecule has 2 heterocycles. The van der Waals surface area contributed by atoms with E-state index in [0.717, 1.165) is 23.8 Å². The molecule has 1 aromatic heterocycles. The number of phenols is 1. The summed E-state index contributed by atoms with van der Waals surface area (Å²) >= 11 is 4.73. The average molecular weight is 601 g/mol. The Kier molecular flexibility index (Phi) is 9.10. The molecular formula is C26H25BrN4O6S. The summed E-state index contributed by atoms with van der Waals surface area (Å²) < 4.78 is 10.6. The number of aromatic hydroxyl groups is 1. The second-order valence-electron chi connectivity index (χ2n) is 8.20. The number of nitrogens with zero attached hydrogens (tertiary/aromatic N) is 2. The molecule has 0 unspecified atom stereocenters. The van der Waals surface area contributed by atoms with Crippen molar-refractivity contribution in [3.8, 4) is 5.75 Å². The minimum absolute atomic E-state index is 0.0467. The smallest absolute Gasteiger partial charge is 0.354 e. The van der Waals surface area contributed by atoms with Crippen molar-refractivity contribution in [1.29, 1.82) is 0 Å². The van der Waals surface area contributed by atoms with Gasteiger partial charge in [-0.05, 0) is 57.9 Å². The molecule has 0 radical (unpaired) electrons. The van der Waals surface area contributed by atoms with Gasteiger partial charge in [0.15, 0.2) is 5.13 Å². The molecule has 3 N–H and O–H groups in total. The Balaban J connectivity index is 1.44. The van der Waals surface area contributed by atoms with Crippen LogP contribution in [0.3, 0.4) is 0 Å². The molecule has 1 saturated heterocycles. The Morgan fingerprint density at radius 1 is 1.18 bits per heavy atom. The number of carbonyl (C=O) groups is 3. The zero-order valence-electron chi connectivity index (χ0n) is 20.4. The number of thiazole rings is 1. The first-order chi connectivity index (χ1) is 18.3. The van der Waals surface area contributed by atoms with Gasteiger partial charge < -0.3 is 30.1 Å². The van der Waals surface area contributed by atoms with Gasteiger partial charge in [-0.15, -0.1) is 0 Å². The summed E-state index contributed by atoms with van der Waals surface area (Å²) in [5.74, 6) is -1.50. The lowest BCUT2D eigenvalue weighted by Gasteiger charge is -2.25. The van der Waals surface area contributed by atoms with Gasteiger partial charge in [-0.1, -0.05) is 23.5 Å². The fourth-order valence-corrected chi connectivity index (χ4v) is 5.09. The van der Waals surface area contributed by atoms with Gasteiger partial charge in [-0.2, -0.15) is 0 Å². The number of nitrogens with one attached hydrogen (secondary N) is 2. The van der Waals surface area contributed by atoms with E-state index in [-0.39, 0.29) is 29.5 Å². The predicted molar refractivity (Wildman–Crippen MR) is 146 cm³/mol. The number of rotatable bonds is 8. The third-order valence-corrected chi connectivity index (χ3v) is 7.23. The Labute approximate surface area is 231 Å². The normalized spacial score (nSPS) is 13.6. The van der Waals surface area contributed by atoms with Crippen LogP contribution in [0.4, 0.5) is 5.13 Å². The number of hydrogen-bond donors (Lipinski definition) is 3. The van der Waals surface area contributed by atoms with E-state index >= 15 is 0 Å². The van der Waals surface area contributed by atoms with Gasteiger partial charge in [0.2, 0.25) is 0 Å². The highest BCUT2D eigenvalue weighted by atomic mass is 79.9. The molecule has 1 aliphatic rings. The van der Waals surface area contributed by atoms with E-state index in [2.05, 4.69) is 36.4 Å². The van der Waals surface area contributed by atoms with Crippen LogP contribution >= 0.6 is 27.3 Å². The molecule has 2 aromatic carbocycles. The first kappa shape index (κ1) is 27.3. The Bertz CT molecular complexity index is 1370. The number of morpholine rings is 1. The van der Waals surface area contributed by atoms with Gasteiger partial charge in [0.05, 0.1) is 30.8 Å². The third kappa shape index (κ3) is 6.97. The van der Waals surface area contributed by atoms with Crippen molar-refractivity contribution in [3.63, 3.8) is 0 Å². The topological polar surface area (TPSA) is 130 Å². The summed E-state index contributed by atoms with van der Waals surface area (Å²) in [5, 5.41) is 15.7. The highest BCUT2D eigenvalue weighted by Crippen LogP contribution is 2.25. The molecule has 12 heteroatoms. The van der Waals surface area contributed by atoms with Crippen molar-refractivity contribution in [1.82, 2.24) is 15.6 Å². The number of benzene rings is 2. The molecule has 1 aliphatic heterocycles. The van der Waals surface area contributed by atoms with Crippen LogP contribution in [0, 0.1) is 0 Å². The summed E-state index contributed by atoms with van der Waals surface area (Å²) in [7, 11) is 1.23. The first-order valence-corrected chi connectivity index (χ1v) is 13.2. The highest BCUT2D eigenvalue weighted by molar-refractivity contribution is 9.10. The van der Waals surface area contributed by atoms with Crippen LogP contribution in [0.15, 0.2) is 58.8 Å². The number of phenolic OH excluding ortho intramolecular Hbond substituents is 1. The Morgan fingerprint density at radius 3 is 2.68 bits per heavy atom. The van der Waals surface area contributed by atoms with Crippen LogP contribution in [0.2, 0.25) is 0 Å². The molecular weight excluding hydrogens is 576 g/mol.